The van der Waals surface area contributed by atoms with Crippen LogP contribution in [0.2, 0.25) is 0 Å². The Morgan fingerprint density at radius 3 is 2.53 bits per heavy atom. The lowest BCUT2D eigenvalue weighted by Gasteiger charge is -2.40. The number of ether oxygens (including phenoxy) is 1. The molecule has 0 spiro atoms. The SMILES string of the molecule is Cc1c(C#N)ccc2c1C(N1Cc3ccccc3C1=O)=C(NC(=O)C(F)(F)F)C(C)(C)O2. The second kappa shape index (κ2) is 7.12. The molecule has 0 atom stereocenters. The molecule has 2 amide bonds. The highest BCUT2D eigenvalue weighted by molar-refractivity contribution is 6.05. The van der Waals surface area contributed by atoms with Crippen molar-refractivity contribution in [3.05, 3.63) is 69.9 Å². The summed E-state index contributed by atoms with van der Waals surface area (Å²) in [7, 11) is 0. The van der Waals surface area contributed by atoms with Gasteiger partial charge < -0.3 is 15.0 Å². The maximum absolute atomic E-state index is 13.3. The van der Waals surface area contributed by atoms with E-state index in [1.165, 1.54) is 18.7 Å². The molecule has 0 radical (unpaired) electrons. The van der Waals surface area contributed by atoms with Crippen LogP contribution in [0.1, 0.15) is 46.5 Å². The van der Waals surface area contributed by atoms with E-state index in [1.807, 2.05) is 11.4 Å². The molecule has 2 heterocycles. The van der Waals surface area contributed by atoms with E-state index in [2.05, 4.69) is 0 Å². The smallest absolute Gasteiger partial charge is 0.471 e. The van der Waals surface area contributed by atoms with Gasteiger partial charge in [0, 0.05) is 11.1 Å². The van der Waals surface area contributed by atoms with Crippen molar-refractivity contribution in [2.24, 2.45) is 0 Å². The van der Waals surface area contributed by atoms with Crippen LogP contribution in [-0.4, -0.2) is 28.5 Å². The standard InChI is InChI=1S/C23H18F3N3O3/c1-12-13(10-27)8-9-16-17(12)18(29-11-14-6-4-5-7-15(14)20(29)30)19(22(2,3)32-16)28-21(31)23(24,25)26/h4-9H,11H2,1-3H3,(H,28,31). The first kappa shape index (κ1) is 21.4. The Balaban J connectivity index is 2.00. The number of rotatable bonds is 2. The molecule has 2 aliphatic heterocycles. The molecule has 1 N–H and O–H groups in total. The van der Waals surface area contributed by atoms with Gasteiger partial charge in [-0.2, -0.15) is 18.4 Å². The van der Waals surface area contributed by atoms with Crippen LogP contribution in [-0.2, 0) is 11.3 Å². The lowest BCUT2D eigenvalue weighted by Crippen LogP contribution is -2.49. The van der Waals surface area contributed by atoms with E-state index in [1.54, 1.807) is 43.3 Å². The Kier molecular flexibility index (Phi) is 4.77. The van der Waals surface area contributed by atoms with Gasteiger partial charge in [-0.3, -0.25) is 9.59 Å². The van der Waals surface area contributed by atoms with Crippen LogP contribution in [0, 0.1) is 18.3 Å². The van der Waals surface area contributed by atoms with Crippen molar-refractivity contribution in [2.45, 2.75) is 39.1 Å². The number of benzene rings is 2. The van der Waals surface area contributed by atoms with Crippen LogP contribution in [0.15, 0.2) is 42.1 Å². The summed E-state index contributed by atoms with van der Waals surface area (Å²) in [5.74, 6) is -2.29. The first-order valence-corrected chi connectivity index (χ1v) is 9.71. The fraction of sp³-hybridized carbons (Fsp3) is 0.261. The zero-order chi connectivity index (χ0) is 23.4. The van der Waals surface area contributed by atoms with Gasteiger partial charge in [0.25, 0.3) is 5.91 Å². The molecule has 2 aromatic rings. The second-order valence-electron chi connectivity index (χ2n) is 8.06. The number of amides is 2. The van der Waals surface area contributed by atoms with Crippen molar-refractivity contribution in [1.29, 1.82) is 5.26 Å². The van der Waals surface area contributed by atoms with Crippen LogP contribution in [0.3, 0.4) is 0 Å². The number of nitriles is 1. The van der Waals surface area contributed by atoms with Crippen molar-refractivity contribution in [2.75, 3.05) is 0 Å². The molecule has 0 bridgehead atoms. The van der Waals surface area contributed by atoms with Gasteiger partial charge in [0.15, 0.2) is 0 Å². The lowest BCUT2D eigenvalue weighted by atomic mass is 9.89. The third kappa shape index (κ3) is 3.28. The molecule has 0 saturated carbocycles. The summed E-state index contributed by atoms with van der Waals surface area (Å²) in [6, 6.07) is 12.0. The summed E-state index contributed by atoms with van der Waals surface area (Å²) in [5.41, 5.74) is 0.596. The third-order valence-electron chi connectivity index (χ3n) is 5.58. The average molecular weight is 441 g/mol. The van der Waals surface area contributed by atoms with Crippen molar-refractivity contribution in [3.8, 4) is 11.8 Å². The fourth-order valence-electron chi connectivity index (χ4n) is 4.02. The highest BCUT2D eigenvalue weighted by Gasteiger charge is 2.46. The number of halogens is 3. The van der Waals surface area contributed by atoms with Crippen LogP contribution < -0.4 is 10.1 Å². The van der Waals surface area contributed by atoms with Crippen molar-refractivity contribution < 1.29 is 27.5 Å². The van der Waals surface area contributed by atoms with E-state index in [4.69, 9.17) is 4.74 Å². The Morgan fingerprint density at radius 1 is 1.22 bits per heavy atom. The largest absolute Gasteiger partial charge is 0.481 e. The van der Waals surface area contributed by atoms with E-state index < -0.39 is 23.6 Å². The predicted octanol–water partition coefficient (Wildman–Crippen LogP) is 4.04. The predicted molar refractivity (Wildman–Crippen MR) is 108 cm³/mol. The summed E-state index contributed by atoms with van der Waals surface area (Å²) in [6.07, 6.45) is -5.14. The van der Waals surface area contributed by atoms with Gasteiger partial charge in [-0.1, -0.05) is 18.2 Å². The molecule has 164 valence electrons. The Morgan fingerprint density at radius 2 is 1.91 bits per heavy atom. The molecule has 32 heavy (non-hydrogen) atoms. The summed E-state index contributed by atoms with van der Waals surface area (Å²) in [6.45, 7) is 4.73. The molecule has 4 rings (SSSR count). The highest BCUT2D eigenvalue weighted by atomic mass is 19.4. The van der Waals surface area contributed by atoms with Gasteiger partial charge >= 0.3 is 12.1 Å². The van der Waals surface area contributed by atoms with Crippen LogP contribution in [0.25, 0.3) is 5.70 Å². The number of fused-ring (bicyclic) bond motifs is 2. The molecule has 6 nitrogen and oxygen atoms in total. The van der Waals surface area contributed by atoms with Gasteiger partial charge in [0.1, 0.15) is 11.4 Å². The number of hydrogen-bond acceptors (Lipinski definition) is 4. The molecule has 0 unspecified atom stereocenters. The Bertz CT molecular complexity index is 1240. The summed E-state index contributed by atoms with van der Waals surface area (Å²) >= 11 is 0. The second-order valence-corrected chi connectivity index (χ2v) is 8.06. The van der Waals surface area contributed by atoms with Crippen molar-refractivity contribution in [1.82, 2.24) is 10.2 Å². The molecule has 0 saturated heterocycles. The molecule has 2 aromatic carbocycles. The van der Waals surface area contributed by atoms with E-state index in [9.17, 15) is 28.0 Å². The van der Waals surface area contributed by atoms with Crippen LogP contribution in [0.5, 0.6) is 5.75 Å². The molecule has 9 heteroatoms. The number of carbonyl (C=O) groups is 2. The zero-order valence-electron chi connectivity index (χ0n) is 17.4. The van der Waals surface area contributed by atoms with Gasteiger partial charge in [0.05, 0.1) is 29.6 Å². The number of alkyl halides is 3. The first-order chi connectivity index (χ1) is 15.0. The minimum atomic E-state index is -5.14. The topological polar surface area (TPSA) is 82.4 Å². The number of nitrogens with one attached hydrogen (secondary N) is 1. The zero-order valence-corrected chi connectivity index (χ0v) is 17.4. The number of nitrogens with zero attached hydrogens (tertiary/aromatic N) is 2. The van der Waals surface area contributed by atoms with E-state index in [-0.39, 0.29) is 23.5 Å². The average Bonchev–Trinajstić information content (AvgIpc) is 3.04. The molecular weight excluding hydrogens is 423 g/mol. The minimum Gasteiger partial charge on any atom is -0.481 e. The summed E-state index contributed by atoms with van der Waals surface area (Å²) in [4.78, 5) is 26.5. The first-order valence-electron chi connectivity index (χ1n) is 9.71. The molecule has 0 aromatic heterocycles. The summed E-state index contributed by atoms with van der Waals surface area (Å²) in [5, 5.41) is 11.4. The third-order valence-corrected chi connectivity index (χ3v) is 5.58. The number of hydrogen-bond donors (Lipinski definition) is 1. The van der Waals surface area contributed by atoms with E-state index in [0.29, 0.717) is 28.0 Å². The van der Waals surface area contributed by atoms with Crippen molar-refractivity contribution >= 4 is 17.5 Å². The van der Waals surface area contributed by atoms with Crippen LogP contribution in [0.4, 0.5) is 13.2 Å². The normalized spacial score (nSPS) is 16.8. The van der Waals surface area contributed by atoms with Gasteiger partial charge in [0.2, 0.25) is 0 Å². The molecule has 0 fully saturated rings. The molecule has 2 aliphatic rings. The maximum Gasteiger partial charge on any atom is 0.471 e. The number of carbonyl (C=O) groups excluding carboxylic acids is 2. The van der Waals surface area contributed by atoms with Gasteiger partial charge in [-0.15, -0.1) is 0 Å². The van der Waals surface area contributed by atoms with Crippen molar-refractivity contribution in [3.63, 3.8) is 0 Å². The van der Waals surface area contributed by atoms with E-state index >= 15 is 0 Å². The summed E-state index contributed by atoms with van der Waals surface area (Å²) < 4.78 is 45.4. The maximum atomic E-state index is 13.3. The quantitative estimate of drug-likeness (QED) is 0.763. The van der Waals surface area contributed by atoms with Gasteiger partial charge in [-0.25, -0.2) is 0 Å². The Hall–Kier alpha value is -3.80. The fourth-order valence-corrected chi connectivity index (χ4v) is 4.02. The molecule has 0 aliphatic carbocycles. The lowest BCUT2D eigenvalue weighted by molar-refractivity contribution is -0.173. The monoisotopic (exact) mass is 441 g/mol. The van der Waals surface area contributed by atoms with Gasteiger partial charge in [-0.05, 0) is 50.1 Å². The minimum absolute atomic E-state index is 0.0876. The van der Waals surface area contributed by atoms with Crippen LogP contribution >= 0.6 is 0 Å². The van der Waals surface area contributed by atoms with E-state index in [0.717, 1.165) is 0 Å². The molecular formula is C23H18F3N3O3. The Labute approximate surface area is 181 Å². The highest BCUT2D eigenvalue weighted by Crippen LogP contribution is 2.46.